The molecule has 2 aromatic heterocycles. The van der Waals surface area contributed by atoms with Gasteiger partial charge < -0.3 is 14.6 Å². The van der Waals surface area contributed by atoms with Crippen molar-refractivity contribution in [2.24, 2.45) is 5.92 Å². The monoisotopic (exact) mass is 318 g/mol. The minimum atomic E-state index is -0.353. The van der Waals surface area contributed by atoms with Crippen molar-refractivity contribution in [1.29, 1.82) is 0 Å². The van der Waals surface area contributed by atoms with Crippen LogP contribution in [0, 0.1) is 19.8 Å². The molecule has 1 fully saturated rings. The number of nitrogens with zero attached hydrogens (tertiary/aromatic N) is 2. The van der Waals surface area contributed by atoms with Gasteiger partial charge in [0.25, 0.3) is 5.91 Å². The zero-order valence-electron chi connectivity index (χ0n) is 13.2. The van der Waals surface area contributed by atoms with E-state index < -0.39 is 0 Å². The first-order chi connectivity index (χ1) is 10.5. The van der Waals surface area contributed by atoms with Crippen molar-refractivity contribution in [3.8, 4) is 5.00 Å². The topological polar surface area (TPSA) is 45.5 Å². The Labute approximate surface area is 135 Å². The maximum atomic E-state index is 12.9. The van der Waals surface area contributed by atoms with Gasteiger partial charge in [0.05, 0.1) is 11.7 Å². The number of aromatic nitrogens is 1. The van der Waals surface area contributed by atoms with Crippen molar-refractivity contribution in [3.05, 3.63) is 40.5 Å². The number of hydrogen-bond acceptors (Lipinski definition) is 3. The fraction of sp³-hybridized carbons (Fsp3) is 0.471. The molecule has 3 rings (SSSR count). The maximum Gasteiger partial charge on any atom is 0.256 e. The highest BCUT2D eigenvalue weighted by atomic mass is 32.1. The van der Waals surface area contributed by atoms with Gasteiger partial charge in [-0.05, 0) is 50.8 Å². The smallest absolute Gasteiger partial charge is 0.256 e. The lowest BCUT2D eigenvalue weighted by molar-refractivity contribution is 0.0763. The summed E-state index contributed by atoms with van der Waals surface area (Å²) in [7, 11) is 0. The molecule has 0 saturated carbocycles. The standard InChI is InChI=1S/C17H22N2O2S/c1-11-4-5-12(2)19(11)17-15(7-9-22-17)16(21)18-8-6-14(10-18)13(3)20/h4-5,7,9,13-14,20H,6,8,10H2,1-3H3. The summed E-state index contributed by atoms with van der Waals surface area (Å²) in [5, 5.41) is 12.7. The van der Waals surface area contributed by atoms with Gasteiger partial charge in [-0.1, -0.05) is 0 Å². The molecule has 0 aromatic carbocycles. The molecule has 22 heavy (non-hydrogen) atoms. The van der Waals surface area contributed by atoms with Crippen molar-refractivity contribution in [3.63, 3.8) is 0 Å². The second-order valence-electron chi connectivity index (χ2n) is 6.13. The van der Waals surface area contributed by atoms with Crippen LogP contribution >= 0.6 is 11.3 Å². The summed E-state index contributed by atoms with van der Waals surface area (Å²) in [6.45, 7) is 7.30. The van der Waals surface area contributed by atoms with Gasteiger partial charge in [0.15, 0.2) is 0 Å². The second kappa shape index (κ2) is 5.89. The Kier molecular flexibility index (Phi) is 4.10. The fourth-order valence-electron chi connectivity index (χ4n) is 3.16. The van der Waals surface area contributed by atoms with Crippen molar-refractivity contribution in [1.82, 2.24) is 9.47 Å². The van der Waals surface area contributed by atoms with Crippen LogP contribution in [0.5, 0.6) is 0 Å². The van der Waals surface area contributed by atoms with Crippen LogP contribution in [0.25, 0.3) is 5.00 Å². The Morgan fingerprint density at radius 2 is 2.00 bits per heavy atom. The molecule has 3 heterocycles. The van der Waals surface area contributed by atoms with E-state index in [-0.39, 0.29) is 17.9 Å². The van der Waals surface area contributed by atoms with Crippen LogP contribution < -0.4 is 0 Å². The van der Waals surface area contributed by atoms with Crippen LogP contribution in [0.15, 0.2) is 23.6 Å². The first-order valence-corrected chi connectivity index (χ1v) is 8.57. The molecule has 1 aliphatic rings. The van der Waals surface area contributed by atoms with E-state index in [2.05, 4.69) is 30.5 Å². The van der Waals surface area contributed by atoms with Crippen molar-refractivity contribution in [2.45, 2.75) is 33.3 Å². The molecule has 0 radical (unpaired) electrons. The van der Waals surface area contributed by atoms with Gasteiger partial charge in [-0.15, -0.1) is 11.3 Å². The lowest BCUT2D eigenvalue weighted by atomic mass is 10.0. The zero-order valence-corrected chi connectivity index (χ0v) is 14.1. The molecule has 118 valence electrons. The van der Waals surface area contributed by atoms with Crippen LogP contribution in [0.3, 0.4) is 0 Å². The average Bonchev–Trinajstić information content (AvgIpc) is 3.18. The Hall–Kier alpha value is -1.59. The van der Waals surface area contributed by atoms with E-state index in [0.29, 0.717) is 6.54 Å². The van der Waals surface area contributed by atoms with Crippen LogP contribution in [-0.2, 0) is 0 Å². The summed E-state index contributed by atoms with van der Waals surface area (Å²) in [6, 6.07) is 6.06. The summed E-state index contributed by atoms with van der Waals surface area (Å²) in [6.07, 6.45) is 0.526. The molecule has 4 nitrogen and oxygen atoms in total. The van der Waals surface area contributed by atoms with Crippen molar-refractivity contribution in [2.75, 3.05) is 13.1 Å². The van der Waals surface area contributed by atoms with Crippen LogP contribution in [0.1, 0.15) is 35.1 Å². The molecule has 2 aromatic rings. The summed E-state index contributed by atoms with van der Waals surface area (Å²) < 4.78 is 2.14. The van der Waals surface area contributed by atoms with E-state index in [0.717, 1.165) is 34.9 Å². The molecule has 5 heteroatoms. The minimum Gasteiger partial charge on any atom is -0.393 e. The lowest BCUT2D eigenvalue weighted by Gasteiger charge is -2.19. The molecule has 1 amide bonds. The van der Waals surface area contributed by atoms with E-state index >= 15 is 0 Å². The van der Waals surface area contributed by atoms with Gasteiger partial charge in [0.1, 0.15) is 5.00 Å². The van der Waals surface area contributed by atoms with Gasteiger partial charge >= 0.3 is 0 Å². The number of aliphatic hydroxyl groups excluding tert-OH is 1. The third-order valence-corrected chi connectivity index (χ3v) is 5.44. The average molecular weight is 318 g/mol. The number of aliphatic hydroxyl groups is 1. The largest absolute Gasteiger partial charge is 0.393 e. The van der Waals surface area contributed by atoms with Crippen LogP contribution in [0.2, 0.25) is 0 Å². The third kappa shape index (κ3) is 2.59. The van der Waals surface area contributed by atoms with Crippen LogP contribution in [0.4, 0.5) is 0 Å². The van der Waals surface area contributed by atoms with Crippen molar-refractivity contribution >= 4 is 17.2 Å². The predicted octanol–water partition coefficient (Wildman–Crippen LogP) is 3.00. The van der Waals surface area contributed by atoms with E-state index in [4.69, 9.17) is 0 Å². The SMILES string of the molecule is Cc1ccc(C)n1-c1sccc1C(=O)N1CCC(C(C)O)C1. The molecule has 2 atom stereocenters. The fourth-order valence-corrected chi connectivity index (χ4v) is 4.17. The summed E-state index contributed by atoms with van der Waals surface area (Å²) in [5.74, 6) is 0.271. The number of likely N-dealkylation sites (tertiary alicyclic amines) is 1. The molecular weight excluding hydrogens is 296 g/mol. The molecule has 1 saturated heterocycles. The second-order valence-corrected chi connectivity index (χ2v) is 7.03. The predicted molar refractivity (Wildman–Crippen MR) is 88.8 cm³/mol. The van der Waals surface area contributed by atoms with E-state index in [1.54, 1.807) is 18.3 Å². The normalized spacial score (nSPS) is 19.6. The third-order valence-electron chi connectivity index (χ3n) is 4.54. The molecule has 0 aliphatic carbocycles. The van der Waals surface area contributed by atoms with E-state index in [1.807, 2.05) is 16.3 Å². The molecular formula is C17H22N2O2S. The Balaban J connectivity index is 1.88. The van der Waals surface area contributed by atoms with Gasteiger partial charge in [0.2, 0.25) is 0 Å². The van der Waals surface area contributed by atoms with Gasteiger partial charge in [-0.25, -0.2) is 0 Å². The van der Waals surface area contributed by atoms with E-state index in [1.165, 1.54) is 0 Å². The first-order valence-electron chi connectivity index (χ1n) is 7.69. The summed E-state index contributed by atoms with van der Waals surface area (Å²) in [4.78, 5) is 14.7. The van der Waals surface area contributed by atoms with Crippen molar-refractivity contribution < 1.29 is 9.90 Å². The first kappa shape index (κ1) is 15.3. The maximum absolute atomic E-state index is 12.9. The Morgan fingerprint density at radius 1 is 1.32 bits per heavy atom. The highest BCUT2D eigenvalue weighted by Crippen LogP contribution is 2.29. The van der Waals surface area contributed by atoms with Crippen LogP contribution in [-0.4, -0.2) is 39.7 Å². The lowest BCUT2D eigenvalue weighted by Crippen LogP contribution is -2.30. The highest BCUT2D eigenvalue weighted by Gasteiger charge is 2.31. The molecule has 2 unspecified atom stereocenters. The summed E-state index contributed by atoms with van der Waals surface area (Å²) in [5.41, 5.74) is 3.04. The number of amides is 1. The van der Waals surface area contributed by atoms with Gasteiger partial charge in [-0.2, -0.15) is 0 Å². The summed E-state index contributed by atoms with van der Waals surface area (Å²) >= 11 is 1.60. The number of rotatable bonds is 3. The Bertz CT molecular complexity index is 667. The number of carbonyl (C=O) groups excluding carboxylic acids is 1. The van der Waals surface area contributed by atoms with Gasteiger partial charge in [-0.3, -0.25) is 4.79 Å². The van der Waals surface area contributed by atoms with E-state index in [9.17, 15) is 9.90 Å². The Morgan fingerprint density at radius 3 is 2.59 bits per heavy atom. The number of aryl methyl sites for hydroxylation is 2. The number of carbonyl (C=O) groups is 1. The molecule has 1 N–H and O–H groups in total. The molecule has 0 spiro atoms. The zero-order chi connectivity index (χ0) is 15.9. The minimum absolute atomic E-state index is 0.0758. The number of hydrogen-bond donors (Lipinski definition) is 1. The molecule has 1 aliphatic heterocycles. The number of thiophene rings is 1. The highest BCUT2D eigenvalue weighted by molar-refractivity contribution is 7.13. The molecule has 0 bridgehead atoms. The quantitative estimate of drug-likeness (QED) is 0.945. The van der Waals surface area contributed by atoms with Gasteiger partial charge in [0, 0.05) is 30.4 Å².